The molecule has 0 atom stereocenters. The molecule has 1 amide bonds. The van der Waals surface area contributed by atoms with Crippen LogP contribution in [0.4, 0.5) is 5.69 Å². The van der Waals surface area contributed by atoms with Crippen LogP contribution in [0.1, 0.15) is 10.4 Å². The first kappa shape index (κ1) is 19.3. The van der Waals surface area contributed by atoms with Gasteiger partial charge < -0.3 is 10.6 Å². The number of piperazine rings is 1. The lowest BCUT2D eigenvalue weighted by Crippen LogP contribution is -2.46. The second-order valence-corrected chi connectivity index (χ2v) is 7.32. The maximum absolute atomic E-state index is 12.7. The highest BCUT2D eigenvalue weighted by molar-refractivity contribution is 7.99. The van der Waals surface area contributed by atoms with E-state index < -0.39 is 4.92 Å². The average Bonchev–Trinajstić information content (AvgIpc) is 2.69. The van der Waals surface area contributed by atoms with Crippen LogP contribution >= 0.6 is 11.8 Å². The number of hydrogen-bond donors (Lipinski definition) is 2. The van der Waals surface area contributed by atoms with Crippen molar-refractivity contribution in [2.24, 2.45) is 0 Å². The van der Waals surface area contributed by atoms with Crippen molar-refractivity contribution in [3.05, 3.63) is 64.2 Å². The number of nitrogens with zero attached hydrogens (tertiary/aromatic N) is 2. The zero-order valence-electron chi connectivity index (χ0n) is 14.9. The highest BCUT2D eigenvalue weighted by atomic mass is 32.2. The summed E-state index contributed by atoms with van der Waals surface area (Å²) in [6.45, 7) is 5.11. The maximum Gasteiger partial charge on any atom is 0.270 e. The molecule has 0 spiro atoms. The summed E-state index contributed by atoms with van der Waals surface area (Å²) in [5.41, 5.74) is 0.248. The highest BCUT2D eigenvalue weighted by Gasteiger charge is 2.18. The van der Waals surface area contributed by atoms with Crippen LogP contribution in [0.2, 0.25) is 0 Å². The normalized spacial score (nSPS) is 14.7. The van der Waals surface area contributed by atoms with Crippen molar-refractivity contribution in [2.75, 3.05) is 39.3 Å². The second-order valence-electron chi connectivity index (χ2n) is 6.20. The van der Waals surface area contributed by atoms with Gasteiger partial charge in [-0.25, -0.2) is 0 Å². The van der Waals surface area contributed by atoms with Crippen LogP contribution < -0.4 is 10.6 Å². The molecule has 1 aliphatic rings. The number of carbonyl (C=O) groups excluding carboxylic acids is 1. The van der Waals surface area contributed by atoms with Gasteiger partial charge in [-0.2, -0.15) is 0 Å². The number of nitro groups is 1. The number of carbonyl (C=O) groups is 1. The topological polar surface area (TPSA) is 87.5 Å². The van der Waals surface area contributed by atoms with E-state index in [1.807, 2.05) is 30.3 Å². The second kappa shape index (κ2) is 9.50. The van der Waals surface area contributed by atoms with Crippen LogP contribution in [0.3, 0.4) is 0 Å². The largest absolute Gasteiger partial charge is 0.351 e. The third kappa shape index (κ3) is 5.53. The molecular weight excluding hydrogens is 364 g/mol. The fourth-order valence-electron chi connectivity index (χ4n) is 2.87. The fraction of sp³-hybridized carbons (Fsp3) is 0.316. The SMILES string of the molecule is O=C(NCCN1CCNCC1)c1cc([N+](=O)[O-])ccc1Sc1ccccc1. The molecule has 2 aromatic carbocycles. The van der Waals surface area contributed by atoms with Crippen molar-refractivity contribution < 1.29 is 9.72 Å². The minimum Gasteiger partial charge on any atom is -0.351 e. The standard InChI is InChI=1S/C19H22N4O3S/c24-19(21-10-13-22-11-8-20-9-12-22)17-14-15(23(25)26)6-7-18(17)27-16-4-2-1-3-5-16/h1-7,14,20H,8-13H2,(H,21,24). The lowest BCUT2D eigenvalue weighted by Gasteiger charge is -2.27. The quantitative estimate of drug-likeness (QED) is 0.561. The van der Waals surface area contributed by atoms with Crippen molar-refractivity contribution in [3.8, 4) is 0 Å². The molecule has 3 rings (SSSR count). The van der Waals surface area contributed by atoms with Crippen LogP contribution in [-0.2, 0) is 0 Å². The van der Waals surface area contributed by atoms with Crippen molar-refractivity contribution in [2.45, 2.75) is 9.79 Å². The summed E-state index contributed by atoms with van der Waals surface area (Å²) in [5.74, 6) is -0.285. The molecule has 142 valence electrons. The maximum atomic E-state index is 12.7. The molecule has 7 nitrogen and oxygen atoms in total. The lowest BCUT2D eigenvalue weighted by atomic mass is 10.2. The number of hydrogen-bond acceptors (Lipinski definition) is 6. The summed E-state index contributed by atoms with van der Waals surface area (Å²) in [4.78, 5) is 27.3. The Labute approximate surface area is 162 Å². The Bertz CT molecular complexity index is 795. The van der Waals surface area contributed by atoms with Gasteiger partial charge in [0, 0.05) is 61.2 Å². The Morgan fingerprint density at radius 1 is 1.19 bits per heavy atom. The zero-order valence-corrected chi connectivity index (χ0v) is 15.7. The first-order valence-corrected chi connectivity index (χ1v) is 9.68. The molecule has 1 aliphatic heterocycles. The summed E-state index contributed by atoms with van der Waals surface area (Å²) in [5, 5.41) is 17.3. The van der Waals surface area contributed by atoms with E-state index >= 15 is 0 Å². The van der Waals surface area contributed by atoms with E-state index in [9.17, 15) is 14.9 Å². The predicted molar refractivity (Wildman–Crippen MR) is 105 cm³/mol. The van der Waals surface area contributed by atoms with Gasteiger partial charge in [0.15, 0.2) is 0 Å². The third-order valence-corrected chi connectivity index (χ3v) is 5.40. The minimum absolute atomic E-state index is 0.0836. The van der Waals surface area contributed by atoms with Crippen molar-refractivity contribution in [3.63, 3.8) is 0 Å². The summed E-state index contributed by atoms with van der Waals surface area (Å²) in [6.07, 6.45) is 0. The molecule has 1 saturated heterocycles. The molecule has 0 radical (unpaired) electrons. The van der Waals surface area contributed by atoms with E-state index in [1.54, 1.807) is 6.07 Å². The molecule has 0 bridgehead atoms. The highest BCUT2D eigenvalue weighted by Crippen LogP contribution is 2.32. The molecule has 27 heavy (non-hydrogen) atoms. The van der Waals surface area contributed by atoms with E-state index in [2.05, 4.69) is 15.5 Å². The van der Waals surface area contributed by atoms with Crippen LogP contribution in [0, 0.1) is 10.1 Å². The van der Waals surface area contributed by atoms with Crippen LogP contribution in [0.25, 0.3) is 0 Å². The molecule has 0 unspecified atom stereocenters. The van der Waals surface area contributed by atoms with Crippen molar-refractivity contribution in [1.29, 1.82) is 0 Å². The molecule has 0 saturated carbocycles. The van der Waals surface area contributed by atoms with Gasteiger partial charge in [-0.15, -0.1) is 0 Å². The molecule has 2 N–H and O–H groups in total. The Morgan fingerprint density at radius 2 is 1.93 bits per heavy atom. The first-order valence-electron chi connectivity index (χ1n) is 8.86. The Morgan fingerprint density at radius 3 is 2.63 bits per heavy atom. The summed E-state index contributed by atoms with van der Waals surface area (Å²) in [7, 11) is 0. The van der Waals surface area contributed by atoms with Crippen molar-refractivity contribution in [1.82, 2.24) is 15.5 Å². The average molecular weight is 386 g/mol. The van der Waals surface area contributed by atoms with E-state index in [0.29, 0.717) is 17.0 Å². The van der Waals surface area contributed by atoms with Gasteiger partial charge in [0.1, 0.15) is 0 Å². The summed E-state index contributed by atoms with van der Waals surface area (Å²) in [6, 6.07) is 14.1. The van der Waals surface area contributed by atoms with E-state index in [1.165, 1.54) is 23.9 Å². The fourth-order valence-corrected chi connectivity index (χ4v) is 3.82. The zero-order chi connectivity index (χ0) is 19.1. The van der Waals surface area contributed by atoms with Gasteiger partial charge >= 0.3 is 0 Å². The first-order chi connectivity index (χ1) is 13.1. The van der Waals surface area contributed by atoms with E-state index in [4.69, 9.17) is 0 Å². The number of benzene rings is 2. The summed E-state index contributed by atoms with van der Waals surface area (Å²) < 4.78 is 0. The van der Waals surface area contributed by atoms with Gasteiger partial charge in [-0.05, 0) is 18.2 Å². The van der Waals surface area contributed by atoms with Gasteiger partial charge in [0.05, 0.1) is 10.5 Å². The summed E-state index contributed by atoms with van der Waals surface area (Å²) >= 11 is 1.42. The van der Waals surface area contributed by atoms with Crippen LogP contribution in [0.5, 0.6) is 0 Å². The number of non-ortho nitro benzene ring substituents is 1. The predicted octanol–water partition coefficient (Wildman–Crippen LogP) is 2.38. The molecule has 0 aromatic heterocycles. The Kier molecular flexibility index (Phi) is 6.80. The lowest BCUT2D eigenvalue weighted by molar-refractivity contribution is -0.384. The Balaban J connectivity index is 1.71. The van der Waals surface area contributed by atoms with E-state index in [-0.39, 0.29) is 11.6 Å². The monoisotopic (exact) mass is 386 g/mol. The third-order valence-electron chi connectivity index (χ3n) is 4.31. The van der Waals surface area contributed by atoms with Gasteiger partial charge in [-0.3, -0.25) is 19.8 Å². The van der Waals surface area contributed by atoms with Crippen LogP contribution in [-0.4, -0.2) is 55.0 Å². The minimum atomic E-state index is -0.478. The molecule has 8 heteroatoms. The molecule has 1 fully saturated rings. The molecule has 1 heterocycles. The Hall–Kier alpha value is -2.42. The number of nitrogens with one attached hydrogen (secondary N) is 2. The molecule has 2 aromatic rings. The molecule has 0 aliphatic carbocycles. The smallest absolute Gasteiger partial charge is 0.270 e. The van der Waals surface area contributed by atoms with Crippen LogP contribution in [0.15, 0.2) is 58.3 Å². The van der Waals surface area contributed by atoms with E-state index in [0.717, 1.165) is 37.6 Å². The number of amides is 1. The van der Waals surface area contributed by atoms with Crippen molar-refractivity contribution >= 4 is 23.4 Å². The number of nitro benzene ring substituents is 1. The van der Waals surface area contributed by atoms with Gasteiger partial charge in [-0.1, -0.05) is 30.0 Å². The number of rotatable bonds is 7. The van der Waals surface area contributed by atoms with Gasteiger partial charge in [0.25, 0.3) is 11.6 Å². The molecular formula is C19H22N4O3S. The van der Waals surface area contributed by atoms with Gasteiger partial charge in [0.2, 0.25) is 0 Å².